The van der Waals surface area contributed by atoms with Crippen LogP contribution in [0.2, 0.25) is 0 Å². The van der Waals surface area contributed by atoms with Crippen LogP contribution in [0.5, 0.6) is 5.75 Å². The van der Waals surface area contributed by atoms with Gasteiger partial charge in [0.2, 0.25) is 5.89 Å². The van der Waals surface area contributed by atoms with E-state index >= 15 is 0 Å². The molecule has 0 saturated carbocycles. The number of aromatic nitrogens is 1. The molecule has 1 heterocycles. The number of methoxy groups -OCH3 is 1. The van der Waals surface area contributed by atoms with E-state index in [0.717, 1.165) is 22.4 Å². The number of aryl methyl sites for hydroxylation is 1. The number of nitrogens with one attached hydrogen (secondary N) is 1. The summed E-state index contributed by atoms with van der Waals surface area (Å²) in [5, 5.41) is 2.89. The van der Waals surface area contributed by atoms with E-state index in [4.69, 9.17) is 9.15 Å². The predicted octanol–water partition coefficient (Wildman–Crippen LogP) is 5.06. The first-order valence-electron chi connectivity index (χ1n) is 8.55. The van der Waals surface area contributed by atoms with Crippen LogP contribution in [0, 0.1) is 6.92 Å². The Labute approximate surface area is 156 Å². The number of fused-ring (bicyclic) bond motifs is 1. The Morgan fingerprint density at radius 3 is 2.44 bits per heavy atom. The fourth-order valence-electron chi connectivity index (χ4n) is 2.76. The van der Waals surface area contributed by atoms with Gasteiger partial charge in [0, 0.05) is 22.9 Å². The maximum atomic E-state index is 12.3. The van der Waals surface area contributed by atoms with Crippen molar-refractivity contribution in [3.05, 3.63) is 77.9 Å². The molecule has 0 aliphatic rings. The molecule has 1 aromatic heterocycles. The van der Waals surface area contributed by atoms with Gasteiger partial charge in [-0.1, -0.05) is 17.7 Å². The highest BCUT2D eigenvalue weighted by Crippen LogP contribution is 2.27. The lowest BCUT2D eigenvalue weighted by Gasteiger charge is -2.06. The van der Waals surface area contributed by atoms with Crippen LogP contribution in [0.25, 0.3) is 22.6 Å². The highest BCUT2D eigenvalue weighted by atomic mass is 16.5. The third-order valence-electron chi connectivity index (χ3n) is 4.30. The van der Waals surface area contributed by atoms with Gasteiger partial charge in [0.25, 0.3) is 5.91 Å². The van der Waals surface area contributed by atoms with Crippen molar-refractivity contribution in [2.75, 3.05) is 12.4 Å². The molecule has 0 saturated heterocycles. The molecule has 0 aliphatic carbocycles. The normalized spacial score (nSPS) is 10.7. The SMILES string of the molecule is COc1ccc2oc(-c3ccc(NC(=O)c4ccc(C)cc4)cc3)nc2c1. The second-order valence-corrected chi connectivity index (χ2v) is 6.25. The summed E-state index contributed by atoms with van der Waals surface area (Å²) < 4.78 is 11.0. The van der Waals surface area contributed by atoms with Crippen molar-refractivity contribution < 1.29 is 13.9 Å². The maximum Gasteiger partial charge on any atom is 0.255 e. The van der Waals surface area contributed by atoms with Crippen LogP contribution in [0.15, 0.2) is 71.1 Å². The molecule has 0 aliphatic heterocycles. The Bertz CT molecular complexity index is 1100. The number of rotatable bonds is 4. The molecule has 3 aromatic carbocycles. The molecule has 5 heteroatoms. The first-order chi connectivity index (χ1) is 13.1. The minimum Gasteiger partial charge on any atom is -0.497 e. The summed E-state index contributed by atoms with van der Waals surface area (Å²) in [5.74, 6) is 1.11. The highest BCUT2D eigenvalue weighted by Gasteiger charge is 2.10. The molecule has 0 spiro atoms. The van der Waals surface area contributed by atoms with Gasteiger partial charge >= 0.3 is 0 Å². The molecule has 5 nitrogen and oxygen atoms in total. The Kier molecular flexibility index (Phi) is 4.34. The zero-order valence-corrected chi connectivity index (χ0v) is 15.0. The lowest BCUT2D eigenvalue weighted by atomic mass is 10.1. The molecule has 0 unspecified atom stereocenters. The highest BCUT2D eigenvalue weighted by molar-refractivity contribution is 6.04. The summed E-state index contributed by atoms with van der Waals surface area (Å²) in [6.45, 7) is 1.99. The fraction of sp³-hybridized carbons (Fsp3) is 0.0909. The predicted molar refractivity (Wildman–Crippen MR) is 105 cm³/mol. The topological polar surface area (TPSA) is 64.4 Å². The lowest BCUT2D eigenvalue weighted by Crippen LogP contribution is -2.11. The number of carbonyl (C=O) groups excluding carboxylic acids is 1. The minimum atomic E-state index is -0.142. The number of amides is 1. The number of benzene rings is 3. The molecule has 1 amide bonds. The van der Waals surface area contributed by atoms with Crippen LogP contribution in [-0.2, 0) is 0 Å². The van der Waals surface area contributed by atoms with Crippen LogP contribution in [-0.4, -0.2) is 18.0 Å². The van der Waals surface area contributed by atoms with Crippen LogP contribution in [0.3, 0.4) is 0 Å². The van der Waals surface area contributed by atoms with Crippen molar-refractivity contribution in [1.82, 2.24) is 4.98 Å². The van der Waals surface area contributed by atoms with Crippen molar-refractivity contribution >= 4 is 22.7 Å². The fourth-order valence-corrected chi connectivity index (χ4v) is 2.76. The number of ether oxygens (including phenoxy) is 1. The molecule has 27 heavy (non-hydrogen) atoms. The number of anilines is 1. The lowest BCUT2D eigenvalue weighted by molar-refractivity contribution is 0.102. The largest absolute Gasteiger partial charge is 0.497 e. The molecule has 0 bridgehead atoms. The van der Waals surface area contributed by atoms with E-state index in [0.29, 0.717) is 22.7 Å². The van der Waals surface area contributed by atoms with Crippen molar-refractivity contribution in [3.63, 3.8) is 0 Å². The second kappa shape index (κ2) is 6.96. The smallest absolute Gasteiger partial charge is 0.255 e. The summed E-state index contributed by atoms with van der Waals surface area (Å²) in [6.07, 6.45) is 0. The van der Waals surface area contributed by atoms with Crippen molar-refractivity contribution in [1.29, 1.82) is 0 Å². The summed E-state index contributed by atoms with van der Waals surface area (Å²) in [7, 11) is 1.62. The summed E-state index contributed by atoms with van der Waals surface area (Å²) in [4.78, 5) is 16.8. The summed E-state index contributed by atoms with van der Waals surface area (Å²) in [6, 6.07) is 20.4. The van der Waals surface area contributed by atoms with Gasteiger partial charge < -0.3 is 14.5 Å². The first kappa shape index (κ1) is 16.8. The molecular formula is C22H18N2O3. The van der Waals surface area contributed by atoms with Gasteiger partial charge in [0.15, 0.2) is 5.58 Å². The molecule has 134 valence electrons. The minimum absolute atomic E-state index is 0.142. The number of hydrogen-bond donors (Lipinski definition) is 1. The molecular weight excluding hydrogens is 340 g/mol. The number of oxazole rings is 1. The van der Waals surface area contributed by atoms with Crippen LogP contribution in [0.4, 0.5) is 5.69 Å². The van der Waals surface area contributed by atoms with Gasteiger partial charge in [-0.2, -0.15) is 0 Å². The van der Waals surface area contributed by atoms with Gasteiger partial charge in [-0.25, -0.2) is 4.98 Å². The monoisotopic (exact) mass is 358 g/mol. The van der Waals surface area contributed by atoms with E-state index in [-0.39, 0.29) is 5.91 Å². The van der Waals surface area contributed by atoms with Gasteiger partial charge in [-0.05, 0) is 55.5 Å². The van der Waals surface area contributed by atoms with Crippen LogP contribution < -0.4 is 10.1 Å². The molecule has 0 fully saturated rings. The zero-order valence-electron chi connectivity index (χ0n) is 15.0. The van der Waals surface area contributed by atoms with Gasteiger partial charge in [-0.3, -0.25) is 4.79 Å². The van der Waals surface area contributed by atoms with E-state index < -0.39 is 0 Å². The third-order valence-corrected chi connectivity index (χ3v) is 4.30. The number of nitrogens with zero attached hydrogens (tertiary/aromatic N) is 1. The molecule has 0 radical (unpaired) electrons. The average molecular weight is 358 g/mol. The Hall–Kier alpha value is -3.60. The quantitative estimate of drug-likeness (QED) is 0.553. The average Bonchev–Trinajstić information content (AvgIpc) is 3.12. The Balaban J connectivity index is 1.53. The molecule has 0 atom stereocenters. The van der Waals surface area contributed by atoms with Crippen molar-refractivity contribution in [2.45, 2.75) is 6.92 Å². The first-order valence-corrected chi connectivity index (χ1v) is 8.55. The van der Waals surface area contributed by atoms with Gasteiger partial charge in [0.1, 0.15) is 11.3 Å². The maximum absolute atomic E-state index is 12.3. The second-order valence-electron chi connectivity index (χ2n) is 6.25. The van der Waals surface area contributed by atoms with Gasteiger partial charge in [0.05, 0.1) is 7.11 Å². The molecule has 4 rings (SSSR count). The van der Waals surface area contributed by atoms with Crippen LogP contribution >= 0.6 is 0 Å². The number of hydrogen-bond acceptors (Lipinski definition) is 4. The zero-order chi connectivity index (χ0) is 18.8. The number of carbonyl (C=O) groups is 1. The standard InChI is InChI=1S/C22H18N2O3/c1-14-3-5-15(6-4-14)21(25)23-17-9-7-16(8-10-17)22-24-19-13-18(26-2)11-12-20(19)27-22/h3-13H,1-2H3,(H,23,25). The molecule has 4 aromatic rings. The van der Waals surface area contributed by atoms with Crippen molar-refractivity contribution in [2.24, 2.45) is 0 Å². The Morgan fingerprint density at radius 2 is 1.74 bits per heavy atom. The van der Waals surface area contributed by atoms with E-state index in [9.17, 15) is 4.79 Å². The van der Waals surface area contributed by atoms with Crippen molar-refractivity contribution in [3.8, 4) is 17.2 Å². The van der Waals surface area contributed by atoms with Gasteiger partial charge in [-0.15, -0.1) is 0 Å². The Morgan fingerprint density at radius 1 is 1.00 bits per heavy atom. The van der Waals surface area contributed by atoms with E-state index in [1.807, 2.05) is 73.7 Å². The summed E-state index contributed by atoms with van der Waals surface area (Å²) in [5.41, 5.74) is 4.72. The molecule has 1 N–H and O–H groups in total. The van der Waals surface area contributed by atoms with E-state index in [1.54, 1.807) is 7.11 Å². The third kappa shape index (κ3) is 3.53. The van der Waals surface area contributed by atoms with E-state index in [1.165, 1.54) is 0 Å². The summed E-state index contributed by atoms with van der Waals surface area (Å²) >= 11 is 0. The van der Waals surface area contributed by atoms with E-state index in [2.05, 4.69) is 10.3 Å². The van der Waals surface area contributed by atoms with Crippen LogP contribution in [0.1, 0.15) is 15.9 Å².